The second-order valence-corrected chi connectivity index (χ2v) is 5.55. The molecule has 0 fully saturated rings. The summed E-state index contributed by atoms with van der Waals surface area (Å²) in [6.07, 6.45) is -19.7. The zero-order valence-corrected chi connectivity index (χ0v) is 11.9. The fraction of sp³-hybridized carbons (Fsp3) is 0.467. The first-order chi connectivity index (χ1) is 10.8. The number of hydrogen-bond donors (Lipinski definition) is 0. The fourth-order valence-electron chi connectivity index (χ4n) is 2.97. The van der Waals surface area contributed by atoms with Crippen molar-refractivity contribution in [1.82, 2.24) is 0 Å². The van der Waals surface area contributed by atoms with E-state index >= 15 is 0 Å². The van der Waals surface area contributed by atoms with Gasteiger partial charge in [-0.1, -0.05) is 24.3 Å². The van der Waals surface area contributed by atoms with E-state index in [0.29, 0.717) is 0 Å². The van der Waals surface area contributed by atoms with Gasteiger partial charge in [0.25, 0.3) is 0 Å². The monoisotopic (exact) mass is 362 g/mol. The lowest BCUT2D eigenvalue weighted by Gasteiger charge is -2.20. The molecule has 1 unspecified atom stereocenters. The molecule has 1 atom stereocenters. The highest BCUT2D eigenvalue weighted by atomic mass is 19.4. The maximum Gasteiger partial charge on any atom is 0.393 e. The topological polar surface area (TPSA) is 0 Å². The number of alkyl halides is 9. The van der Waals surface area contributed by atoms with Crippen molar-refractivity contribution in [3.8, 4) is 0 Å². The minimum absolute atomic E-state index is 0.145. The summed E-state index contributed by atoms with van der Waals surface area (Å²) in [5.74, 6) is -1.75. The lowest BCUT2D eigenvalue weighted by molar-refractivity contribution is -0.142. The van der Waals surface area contributed by atoms with E-state index in [-0.39, 0.29) is 11.1 Å². The van der Waals surface area contributed by atoms with Gasteiger partial charge < -0.3 is 0 Å². The van der Waals surface area contributed by atoms with Crippen LogP contribution in [0.15, 0.2) is 29.8 Å². The summed E-state index contributed by atoms with van der Waals surface area (Å²) in [5, 5.41) is 0. The van der Waals surface area contributed by atoms with Crippen LogP contribution in [0, 0.1) is 0 Å². The van der Waals surface area contributed by atoms with Crippen LogP contribution in [0.1, 0.15) is 36.3 Å². The Kier molecular flexibility index (Phi) is 4.67. The second kappa shape index (κ2) is 6.00. The van der Waals surface area contributed by atoms with E-state index in [4.69, 9.17) is 0 Å². The van der Waals surface area contributed by atoms with Crippen molar-refractivity contribution in [2.45, 2.75) is 43.7 Å². The normalized spacial score (nSPS) is 19.0. The van der Waals surface area contributed by atoms with Gasteiger partial charge in [-0.05, 0) is 22.3 Å². The third-order valence-corrected chi connectivity index (χ3v) is 3.67. The number of fused-ring (bicyclic) bond motifs is 1. The summed E-state index contributed by atoms with van der Waals surface area (Å²) in [6.45, 7) is 0. The molecule has 1 aliphatic carbocycles. The van der Waals surface area contributed by atoms with Crippen LogP contribution in [0.5, 0.6) is 0 Å². The van der Waals surface area contributed by atoms with Gasteiger partial charge in [-0.25, -0.2) is 0 Å². The summed E-state index contributed by atoms with van der Waals surface area (Å²) in [4.78, 5) is 0. The molecular formula is C15H11F9. The maximum absolute atomic E-state index is 12.7. The predicted octanol–water partition coefficient (Wildman–Crippen LogP) is 6.39. The van der Waals surface area contributed by atoms with Crippen LogP contribution in [0.4, 0.5) is 39.5 Å². The van der Waals surface area contributed by atoms with Crippen LogP contribution >= 0.6 is 0 Å². The second-order valence-electron chi connectivity index (χ2n) is 5.55. The number of allylic oxidation sites excluding steroid dienone is 2. The molecule has 2 rings (SSSR count). The zero-order chi connectivity index (χ0) is 18.3. The van der Waals surface area contributed by atoms with E-state index in [2.05, 4.69) is 0 Å². The van der Waals surface area contributed by atoms with Gasteiger partial charge in [0.15, 0.2) is 0 Å². The average Bonchev–Trinajstić information content (AvgIpc) is 2.60. The van der Waals surface area contributed by atoms with E-state index < -0.39 is 54.9 Å². The molecule has 0 aliphatic heterocycles. The molecule has 0 aromatic heterocycles. The van der Waals surface area contributed by atoms with Gasteiger partial charge in [0, 0.05) is 5.92 Å². The molecule has 0 N–H and O–H groups in total. The van der Waals surface area contributed by atoms with Crippen LogP contribution in [0.3, 0.4) is 0 Å². The molecular weight excluding hydrogens is 351 g/mol. The van der Waals surface area contributed by atoms with Crippen molar-refractivity contribution < 1.29 is 39.5 Å². The Morgan fingerprint density at radius 2 is 1.25 bits per heavy atom. The SMILES string of the molecule is FC(F)(F)CC1=C(CC(F)(F)F)C(CC(F)(F)F)c2ccccc21. The van der Waals surface area contributed by atoms with Gasteiger partial charge >= 0.3 is 18.5 Å². The molecule has 134 valence electrons. The van der Waals surface area contributed by atoms with Crippen LogP contribution in [-0.2, 0) is 0 Å². The Morgan fingerprint density at radius 3 is 1.75 bits per heavy atom. The van der Waals surface area contributed by atoms with Crippen LogP contribution in [0.25, 0.3) is 5.57 Å². The van der Waals surface area contributed by atoms with Gasteiger partial charge in [-0.3, -0.25) is 0 Å². The Labute approximate surface area is 131 Å². The molecule has 1 aromatic carbocycles. The van der Waals surface area contributed by atoms with Crippen molar-refractivity contribution in [3.05, 3.63) is 41.0 Å². The van der Waals surface area contributed by atoms with Gasteiger partial charge in [-0.2, -0.15) is 39.5 Å². The Morgan fingerprint density at radius 1 is 0.708 bits per heavy atom. The van der Waals surface area contributed by atoms with E-state index in [1.54, 1.807) is 0 Å². The van der Waals surface area contributed by atoms with Crippen molar-refractivity contribution in [2.75, 3.05) is 0 Å². The molecule has 0 spiro atoms. The van der Waals surface area contributed by atoms with Crippen molar-refractivity contribution >= 4 is 5.57 Å². The molecule has 0 saturated heterocycles. The van der Waals surface area contributed by atoms with E-state index in [1.807, 2.05) is 0 Å². The largest absolute Gasteiger partial charge is 0.393 e. The van der Waals surface area contributed by atoms with Gasteiger partial charge in [-0.15, -0.1) is 0 Å². The first-order valence-electron chi connectivity index (χ1n) is 6.78. The number of halogens is 9. The molecule has 0 radical (unpaired) electrons. The summed E-state index contributed by atoms with van der Waals surface area (Å²) in [5.41, 5.74) is -1.89. The molecule has 24 heavy (non-hydrogen) atoms. The van der Waals surface area contributed by atoms with Gasteiger partial charge in [0.2, 0.25) is 0 Å². The molecule has 0 bridgehead atoms. The van der Waals surface area contributed by atoms with Crippen LogP contribution in [0.2, 0.25) is 0 Å². The first-order valence-corrected chi connectivity index (χ1v) is 6.78. The molecule has 0 saturated carbocycles. The van der Waals surface area contributed by atoms with Crippen LogP contribution < -0.4 is 0 Å². The molecule has 1 aromatic rings. The molecule has 0 heterocycles. The predicted molar refractivity (Wildman–Crippen MR) is 68.1 cm³/mol. The van der Waals surface area contributed by atoms with Crippen molar-refractivity contribution in [2.24, 2.45) is 0 Å². The number of hydrogen-bond acceptors (Lipinski definition) is 0. The summed E-state index contributed by atoms with van der Waals surface area (Å²) in [6, 6.07) is 4.86. The number of benzene rings is 1. The molecule has 9 heteroatoms. The summed E-state index contributed by atoms with van der Waals surface area (Å²) >= 11 is 0. The third-order valence-electron chi connectivity index (χ3n) is 3.67. The Hall–Kier alpha value is -1.67. The molecule has 1 aliphatic rings. The van der Waals surface area contributed by atoms with E-state index in [9.17, 15) is 39.5 Å². The zero-order valence-electron chi connectivity index (χ0n) is 11.9. The van der Waals surface area contributed by atoms with Crippen molar-refractivity contribution in [1.29, 1.82) is 0 Å². The highest BCUT2D eigenvalue weighted by Gasteiger charge is 2.45. The minimum atomic E-state index is -4.90. The van der Waals surface area contributed by atoms with Gasteiger partial charge in [0.05, 0.1) is 19.3 Å². The van der Waals surface area contributed by atoms with E-state index in [1.165, 1.54) is 12.1 Å². The average molecular weight is 362 g/mol. The standard InChI is InChI=1S/C15H11F9/c16-13(17,18)5-10-8-3-1-2-4-9(8)11(6-14(19,20)21)12(10)7-15(22,23)24/h1-4,10H,5-7H2. The minimum Gasteiger partial charge on any atom is -0.171 e. The van der Waals surface area contributed by atoms with Gasteiger partial charge in [0.1, 0.15) is 0 Å². The Bertz CT molecular complexity index is 632. The highest BCUT2D eigenvalue weighted by Crippen LogP contribution is 2.52. The number of rotatable bonds is 3. The lowest BCUT2D eigenvalue weighted by atomic mass is 9.90. The van der Waals surface area contributed by atoms with Crippen LogP contribution in [-0.4, -0.2) is 18.5 Å². The smallest absolute Gasteiger partial charge is 0.171 e. The summed E-state index contributed by atoms with van der Waals surface area (Å²) < 4.78 is 115. The maximum atomic E-state index is 12.7. The Balaban J connectivity index is 2.58. The van der Waals surface area contributed by atoms with Crippen molar-refractivity contribution in [3.63, 3.8) is 0 Å². The summed E-state index contributed by atoms with van der Waals surface area (Å²) in [7, 11) is 0. The molecule has 0 nitrogen and oxygen atoms in total. The first kappa shape index (κ1) is 18.7. The van der Waals surface area contributed by atoms with E-state index in [0.717, 1.165) is 12.1 Å². The third kappa shape index (κ3) is 4.67. The molecule has 0 amide bonds. The lowest BCUT2D eigenvalue weighted by Crippen LogP contribution is -2.18. The fourth-order valence-corrected chi connectivity index (χ4v) is 2.97. The highest BCUT2D eigenvalue weighted by molar-refractivity contribution is 5.78. The quantitative estimate of drug-likeness (QED) is 0.546.